The lowest BCUT2D eigenvalue weighted by molar-refractivity contribution is -0.269. The van der Waals surface area contributed by atoms with E-state index in [4.69, 9.17) is 18.9 Å². The number of hydrogen-bond donors (Lipinski definition) is 2. The van der Waals surface area contributed by atoms with Gasteiger partial charge in [0.25, 0.3) is 0 Å². The lowest BCUT2D eigenvalue weighted by Gasteiger charge is -2.52. The van der Waals surface area contributed by atoms with Gasteiger partial charge in [-0.2, -0.15) is 0 Å². The van der Waals surface area contributed by atoms with Gasteiger partial charge < -0.3 is 29.2 Å². The van der Waals surface area contributed by atoms with Crippen molar-refractivity contribution >= 4 is 11.8 Å². The first-order chi connectivity index (χ1) is 18.0. The number of aliphatic hydroxyl groups is 2. The molecule has 3 saturated carbocycles. The molecule has 214 valence electrons. The normalized spacial score (nSPS) is 47.5. The van der Waals surface area contributed by atoms with Gasteiger partial charge in [0.05, 0.1) is 24.4 Å². The van der Waals surface area contributed by atoms with Crippen molar-refractivity contribution < 1.29 is 38.7 Å². The van der Waals surface area contributed by atoms with Gasteiger partial charge in [0.1, 0.15) is 18.5 Å². The highest BCUT2D eigenvalue weighted by atomic mass is 16.7. The van der Waals surface area contributed by atoms with Crippen LogP contribution in [0.1, 0.15) is 85.0 Å². The van der Waals surface area contributed by atoms with Crippen LogP contribution in [-0.2, 0) is 28.5 Å². The number of fused-ring (bicyclic) bond motifs is 1. The number of ether oxygens (including phenoxy) is 4. The quantitative estimate of drug-likeness (QED) is 0.376. The van der Waals surface area contributed by atoms with Crippen LogP contribution in [0.25, 0.3) is 0 Å². The van der Waals surface area contributed by atoms with Crippen molar-refractivity contribution in [1.29, 1.82) is 0 Å². The first-order valence-electron chi connectivity index (χ1n) is 14.6. The Morgan fingerprint density at radius 1 is 1.11 bits per heavy atom. The number of carbonyl (C=O) groups is 2. The van der Waals surface area contributed by atoms with Gasteiger partial charge in [-0.3, -0.25) is 4.79 Å². The maximum atomic E-state index is 13.3. The Hall–Kier alpha value is -1.32. The van der Waals surface area contributed by atoms with Crippen LogP contribution in [0.3, 0.4) is 0 Å². The molecule has 2 heterocycles. The van der Waals surface area contributed by atoms with Gasteiger partial charge in [-0.15, -0.1) is 0 Å². The van der Waals surface area contributed by atoms with Crippen LogP contribution in [0.5, 0.6) is 0 Å². The van der Waals surface area contributed by atoms with Crippen molar-refractivity contribution in [3.05, 3.63) is 11.6 Å². The largest absolute Gasteiger partial charge is 0.458 e. The van der Waals surface area contributed by atoms with E-state index < -0.39 is 18.5 Å². The minimum absolute atomic E-state index is 0.0260. The van der Waals surface area contributed by atoms with E-state index in [0.29, 0.717) is 37.6 Å². The van der Waals surface area contributed by atoms with E-state index in [0.717, 1.165) is 50.5 Å². The molecular weight excluding hydrogens is 488 g/mol. The summed E-state index contributed by atoms with van der Waals surface area (Å²) >= 11 is 0. The monoisotopic (exact) mass is 534 g/mol. The molecule has 2 N–H and O–H groups in total. The summed E-state index contributed by atoms with van der Waals surface area (Å²) < 4.78 is 23.0. The molecule has 8 nitrogen and oxygen atoms in total. The molecule has 4 fully saturated rings. The Balaban J connectivity index is 1.23. The maximum absolute atomic E-state index is 13.3. The average molecular weight is 535 g/mol. The molecule has 8 heteroatoms. The molecule has 0 spiro atoms. The first kappa shape index (κ1) is 28.2. The molecule has 5 aliphatic rings. The summed E-state index contributed by atoms with van der Waals surface area (Å²) in [6.07, 6.45) is 7.34. The number of esters is 1. The molecule has 1 saturated heterocycles. The predicted molar refractivity (Wildman–Crippen MR) is 139 cm³/mol. The lowest BCUT2D eigenvalue weighted by atomic mass is 9.53. The summed E-state index contributed by atoms with van der Waals surface area (Å²) in [7, 11) is 1.61. The SMILES string of the molecule is CO[C@@H]1C[C@H](O[C@H]2CC[C@@]3(C)[C@H](CCC(=O)[C@@H]3CC[C@]3(C)[C@@H](C4=CC(=O)OC4)CC[C@@H]3O)C2)O[C@H](C)[C@@H]1O. The molecule has 0 bridgehead atoms. The smallest absolute Gasteiger partial charge is 0.331 e. The van der Waals surface area contributed by atoms with Gasteiger partial charge in [-0.1, -0.05) is 13.8 Å². The van der Waals surface area contributed by atoms with E-state index >= 15 is 0 Å². The summed E-state index contributed by atoms with van der Waals surface area (Å²) in [4.78, 5) is 25.1. The average Bonchev–Trinajstić information content (AvgIpc) is 3.43. The highest BCUT2D eigenvalue weighted by Gasteiger charge is 2.53. The molecule has 0 aromatic heterocycles. The fourth-order valence-electron chi connectivity index (χ4n) is 8.52. The van der Waals surface area contributed by atoms with Crippen molar-refractivity contribution in [2.75, 3.05) is 13.7 Å². The van der Waals surface area contributed by atoms with E-state index in [-0.39, 0.29) is 46.9 Å². The second-order valence-corrected chi connectivity index (χ2v) is 13.1. The van der Waals surface area contributed by atoms with Crippen LogP contribution in [0.15, 0.2) is 11.6 Å². The van der Waals surface area contributed by atoms with Gasteiger partial charge >= 0.3 is 5.97 Å². The van der Waals surface area contributed by atoms with Crippen molar-refractivity contribution in [1.82, 2.24) is 0 Å². The van der Waals surface area contributed by atoms with E-state index in [2.05, 4.69) is 13.8 Å². The van der Waals surface area contributed by atoms with Crippen molar-refractivity contribution in [3.63, 3.8) is 0 Å². The van der Waals surface area contributed by atoms with Crippen molar-refractivity contribution in [2.24, 2.45) is 28.6 Å². The number of carbonyl (C=O) groups excluding carboxylic acids is 2. The van der Waals surface area contributed by atoms with Gasteiger partial charge in [-0.05, 0) is 81.1 Å². The molecule has 0 radical (unpaired) electrons. The standard InChI is InChI=1S/C30H46O8/c1-17-28(34)24(35-4)15-27(37-17)38-20-9-11-29(2)19(14-20)5-7-23(31)22(29)10-12-30(3)21(6-8-25(30)32)18-13-26(33)36-16-18/h13,17,19-22,24-25,27-28,32,34H,5-12,14-16H2,1-4H3/t17-,19-,20+,21-,22+,24-,25+,27+,28+,29+,30-/m1/s1. The summed E-state index contributed by atoms with van der Waals surface area (Å²) in [5, 5.41) is 21.3. The van der Waals surface area contributed by atoms with Gasteiger partial charge in [0.15, 0.2) is 6.29 Å². The van der Waals surface area contributed by atoms with Gasteiger partial charge in [0.2, 0.25) is 0 Å². The number of aliphatic hydroxyl groups excluding tert-OH is 2. The molecule has 5 rings (SSSR count). The second kappa shape index (κ2) is 10.9. The number of hydrogen-bond acceptors (Lipinski definition) is 8. The van der Waals surface area contributed by atoms with Crippen LogP contribution in [0.4, 0.5) is 0 Å². The Labute approximate surface area is 226 Å². The van der Waals surface area contributed by atoms with Crippen LogP contribution in [-0.4, -0.2) is 72.5 Å². The van der Waals surface area contributed by atoms with Crippen LogP contribution < -0.4 is 0 Å². The minimum Gasteiger partial charge on any atom is -0.458 e. The third kappa shape index (κ3) is 5.12. The molecular formula is C30H46O8. The Kier molecular flexibility index (Phi) is 8.11. The molecule has 0 unspecified atom stereocenters. The molecule has 38 heavy (non-hydrogen) atoms. The van der Waals surface area contributed by atoms with Crippen LogP contribution in [0.2, 0.25) is 0 Å². The third-order valence-corrected chi connectivity index (χ3v) is 11.1. The minimum atomic E-state index is -0.655. The second-order valence-electron chi connectivity index (χ2n) is 13.1. The Bertz CT molecular complexity index is 933. The van der Waals surface area contributed by atoms with Gasteiger partial charge in [0, 0.05) is 37.4 Å². The molecule has 0 amide bonds. The number of ketones is 1. The zero-order valence-electron chi connectivity index (χ0n) is 23.4. The zero-order chi connectivity index (χ0) is 27.2. The van der Waals surface area contributed by atoms with E-state index in [1.54, 1.807) is 13.2 Å². The number of Topliss-reactive ketones (excluding diaryl/α,β-unsaturated/α-hetero) is 1. The highest BCUT2D eigenvalue weighted by molar-refractivity contribution is 5.85. The topological polar surface area (TPSA) is 112 Å². The number of methoxy groups -OCH3 is 1. The molecule has 0 aromatic carbocycles. The summed E-state index contributed by atoms with van der Waals surface area (Å²) in [6, 6.07) is 0. The number of rotatable bonds is 7. The molecule has 11 atom stereocenters. The van der Waals surface area contributed by atoms with Crippen LogP contribution in [0, 0.1) is 28.6 Å². The predicted octanol–water partition coefficient (Wildman–Crippen LogP) is 3.71. The number of cyclic esters (lactones) is 1. The van der Waals surface area contributed by atoms with Crippen molar-refractivity contribution in [2.45, 2.75) is 122 Å². The Morgan fingerprint density at radius 2 is 1.89 bits per heavy atom. The summed E-state index contributed by atoms with van der Waals surface area (Å²) in [6.45, 7) is 6.60. The van der Waals surface area contributed by atoms with Gasteiger partial charge in [-0.25, -0.2) is 4.79 Å². The first-order valence-corrected chi connectivity index (χ1v) is 14.6. The summed E-state index contributed by atoms with van der Waals surface area (Å²) in [5.74, 6) is 0.553. The lowest BCUT2D eigenvalue weighted by Crippen LogP contribution is -2.52. The van der Waals surface area contributed by atoms with E-state index in [1.807, 2.05) is 6.92 Å². The van der Waals surface area contributed by atoms with E-state index in [1.165, 1.54) is 0 Å². The molecule has 0 aromatic rings. The fourth-order valence-corrected chi connectivity index (χ4v) is 8.52. The third-order valence-electron chi connectivity index (χ3n) is 11.1. The summed E-state index contributed by atoms with van der Waals surface area (Å²) in [5.41, 5.74) is 0.553. The molecule has 2 aliphatic heterocycles. The van der Waals surface area contributed by atoms with E-state index in [9.17, 15) is 19.8 Å². The highest BCUT2D eigenvalue weighted by Crippen LogP contribution is 2.57. The van der Waals surface area contributed by atoms with Crippen LogP contribution >= 0.6 is 0 Å². The Morgan fingerprint density at radius 3 is 2.61 bits per heavy atom. The zero-order valence-corrected chi connectivity index (χ0v) is 23.4. The fraction of sp³-hybridized carbons (Fsp3) is 0.867. The molecule has 3 aliphatic carbocycles. The van der Waals surface area contributed by atoms with Crippen molar-refractivity contribution in [3.8, 4) is 0 Å². The maximum Gasteiger partial charge on any atom is 0.331 e.